The third kappa shape index (κ3) is 3.07. The van der Waals surface area contributed by atoms with Gasteiger partial charge in [0.25, 0.3) is 0 Å². The third-order valence-electron chi connectivity index (χ3n) is 5.30. The quantitative estimate of drug-likeness (QED) is 0.851. The highest BCUT2D eigenvalue weighted by molar-refractivity contribution is 5.33. The summed E-state index contributed by atoms with van der Waals surface area (Å²) in [6.07, 6.45) is 9.66. The van der Waals surface area contributed by atoms with E-state index in [9.17, 15) is 0 Å². The molecule has 1 aliphatic carbocycles. The monoisotopic (exact) mass is 273 g/mol. The highest BCUT2D eigenvalue weighted by atomic mass is 16.5. The average Bonchev–Trinajstić information content (AvgIpc) is 3.12. The van der Waals surface area contributed by atoms with Crippen molar-refractivity contribution in [1.82, 2.24) is 5.32 Å². The maximum atomic E-state index is 5.51. The summed E-state index contributed by atoms with van der Waals surface area (Å²) in [6, 6.07) is 6.96. The standard InChI is InChI=1S/C18H27NO/c1-19-11-10-18(7-2-3-8-18)9-6-15-4-5-16-13-20-14-17(16)12-15/h4-5,12,19H,2-3,6-11,13-14H2,1H3. The molecule has 0 aromatic heterocycles. The van der Waals surface area contributed by atoms with Gasteiger partial charge in [0.05, 0.1) is 13.2 Å². The molecule has 2 aliphatic rings. The predicted octanol–water partition coefficient (Wildman–Crippen LogP) is 3.82. The molecule has 2 nitrogen and oxygen atoms in total. The van der Waals surface area contributed by atoms with Crippen LogP contribution in [-0.2, 0) is 24.4 Å². The Morgan fingerprint density at radius 1 is 1.10 bits per heavy atom. The lowest BCUT2D eigenvalue weighted by molar-refractivity contribution is 0.134. The molecule has 1 fully saturated rings. The minimum absolute atomic E-state index is 0.610. The molecule has 0 amide bonds. The van der Waals surface area contributed by atoms with Gasteiger partial charge in [-0.2, -0.15) is 0 Å². The molecule has 1 aromatic carbocycles. The zero-order chi connectivity index (χ0) is 13.8. The first kappa shape index (κ1) is 14.1. The van der Waals surface area contributed by atoms with Crippen LogP contribution in [0, 0.1) is 5.41 Å². The molecule has 0 unspecified atom stereocenters. The van der Waals surface area contributed by atoms with Gasteiger partial charge in [-0.05, 0) is 67.8 Å². The second-order valence-electron chi connectivity index (χ2n) is 6.66. The molecule has 0 saturated heterocycles. The molecular formula is C18H27NO. The van der Waals surface area contributed by atoms with Crippen molar-refractivity contribution in [1.29, 1.82) is 0 Å². The van der Waals surface area contributed by atoms with E-state index in [1.165, 1.54) is 61.6 Å². The van der Waals surface area contributed by atoms with Crippen molar-refractivity contribution < 1.29 is 4.74 Å². The van der Waals surface area contributed by atoms with Gasteiger partial charge in [0.1, 0.15) is 0 Å². The molecule has 3 rings (SSSR count). The Kier molecular flexibility index (Phi) is 4.42. The van der Waals surface area contributed by atoms with Crippen LogP contribution in [0.25, 0.3) is 0 Å². The number of rotatable bonds is 6. The fourth-order valence-corrected chi connectivity index (χ4v) is 3.93. The zero-order valence-corrected chi connectivity index (χ0v) is 12.7. The van der Waals surface area contributed by atoms with Crippen LogP contribution in [0.15, 0.2) is 18.2 Å². The van der Waals surface area contributed by atoms with Crippen LogP contribution < -0.4 is 5.32 Å². The summed E-state index contributed by atoms with van der Waals surface area (Å²) in [4.78, 5) is 0. The van der Waals surface area contributed by atoms with Crippen LogP contribution in [0.2, 0.25) is 0 Å². The maximum Gasteiger partial charge on any atom is 0.0725 e. The van der Waals surface area contributed by atoms with E-state index in [0.717, 1.165) is 19.8 Å². The fourth-order valence-electron chi connectivity index (χ4n) is 3.93. The lowest BCUT2D eigenvalue weighted by atomic mass is 9.77. The van der Waals surface area contributed by atoms with E-state index in [0.29, 0.717) is 5.41 Å². The van der Waals surface area contributed by atoms with Gasteiger partial charge >= 0.3 is 0 Å². The van der Waals surface area contributed by atoms with Crippen LogP contribution in [0.5, 0.6) is 0 Å². The molecule has 0 atom stereocenters. The summed E-state index contributed by atoms with van der Waals surface area (Å²) in [5, 5.41) is 3.33. The van der Waals surface area contributed by atoms with Crippen LogP contribution in [-0.4, -0.2) is 13.6 Å². The molecule has 1 saturated carbocycles. The van der Waals surface area contributed by atoms with Gasteiger partial charge in [0, 0.05) is 0 Å². The fraction of sp³-hybridized carbons (Fsp3) is 0.667. The number of fused-ring (bicyclic) bond motifs is 1. The Balaban J connectivity index is 1.62. The Hall–Kier alpha value is -0.860. The van der Waals surface area contributed by atoms with E-state index in [-0.39, 0.29) is 0 Å². The predicted molar refractivity (Wildman–Crippen MR) is 82.7 cm³/mol. The molecule has 1 aromatic rings. The first-order chi connectivity index (χ1) is 9.81. The molecule has 110 valence electrons. The molecule has 1 aliphatic heterocycles. The van der Waals surface area contributed by atoms with E-state index in [4.69, 9.17) is 4.74 Å². The van der Waals surface area contributed by atoms with Crippen molar-refractivity contribution in [3.8, 4) is 0 Å². The number of ether oxygens (including phenoxy) is 1. The van der Waals surface area contributed by atoms with Gasteiger partial charge in [0.2, 0.25) is 0 Å². The lowest BCUT2D eigenvalue weighted by Crippen LogP contribution is -2.23. The van der Waals surface area contributed by atoms with E-state index in [2.05, 4.69) is 30.6 Å². The van der Waals surface area contributed by atoms with Crippen LogP contribution in [0.4, 0.5) is 0 Å². The third-order valence-corrected chi connectivity index (χ3v) is 5.30. The highest BCUT2D eigenvalue weighted by Gasteiger charge is 2.32. The molecule has 20 heavy (non-hydrogen) atoms. The largest absolute Gasteiger partial charge is 0.372 e. The minimum atomic E-state index is 0.610. The zero-order valence-electron chi connectivity index (χ0n) is 12.7. The highest BCUT2D eigenvalue weighted by Crippen LogP contribution is 2.44. The van der Waals surface area contributed by atoms with Gasteiger partial charge in [0.15, 0.2) is 0 Å². The summed E-state index contributed by atoms with van der Waals surface area (Å²) in [7, 11) is 2.07. The summed E-state index contributed by atoms with van der Waals surface area (Å²) >= 11 is 0. The molecule has 2 heteroatoms. The lowest BCUT2D eigenvalue weighted by Gasteiger charge is -2.29. The molecule has 0 spiro atoms. The molecular weight excluding hydrogens is 246 g/mol. The second-order valence-corrected chi connectivity index (χ2v) is 6.66. The number of hydrogen-bond donors (Lipinski definition) is 1. The molecule has 0 bridgehead atoms. The summed E-state index contributed by atoms with van der Waals surface area (Å²) in [6.45, 7) is 2.79. The second kappa shape index (κ2) is 6.28. The summed E-state index contributed by atoms with van der Waals surface area (Å²) in [5.74, 6) is 0. The normalized spacial score (nSPS) is 20.2. The van der Waals surface area contributed by atoms with Crippen LogP contribution in [0.1, 0.15) is 55.2 Å². The van der Waals surface area contributed by atoms with Crippen molar-refractivity contribution in [3.05, 3.63) is 34.9 Å². The summed E-state index contributed by atoms with van der Waals surface area (Å²) in [5.41, 5.74) is 4.92. The first-order valence-electron chi connectivity index (χ1n) is 8.14. The van der Waals surface area contributed by atoms with Gasteiger partial charge in [-0.3, -0.25) is 0 Å². The number of aryl methyl sites for hydroxylation is 1. The number of nitrogens with one attached hydrogen (secondary N) is 1. The average molecular weight is 273 g/mol. The molecule has 0 radical (unpaired) electrons. The minimum Gasteiger partial charge on any atom is -0.372 e. The topological polar surface area (TPSA) is 21.3 Å². The van der Waals surface area contributed by atoms with Crippen LogP contribution in [0.3, 0.4) is 0 Å². The summed E-state index contributed by atoms with van der Waals surface area (Å²) < 4.78 is 5.51. The Bertz CT molecular complexity index is 449. The van der Waals surface area contributed by atoms with E-state index >= 15 is 0 Å². The number of benzene rings is 1. The number of hydrogen-bond acceptors (Lipinski definition) is 2. The van der Waals surface area contributed by atoms with Gasteiger partial charge in [-0.1, -0.05) is 31.0 Å². The van der Waals surface area contributed by atoms with Crippen molar-refractivity contribution in [2.75, 3.05) is 13.6 Å². The van der Waals surface area contributed by atoms with Gasteiger partial charge < -0.3 is 10.1 Å². The first-order valence-corrected chi connectivity index (χ1v) is 8.14. The van der Waals surface area contributed by atoms with Crippen molar-refractivity contribution in [2.24, 2.45) is 5.41 Å². The van der Waals surface area contributed by atoms with E-state index < -0.39 is 0 Å². The molecule has 1 N–H and O–H groups in total. The van der Waals surface area contributed by atoms with Gasteiger partial charge in [-0.25, -0.2) is 0 Å². The van der Waals surface area contributed by atoms with Crippen LogP contribution >= 0.6 is 0 Å². The van der Waals surface area contributed by atoms with Gasteiger partial charge in [-0.15, -0.1) is 0 Å². The van der Waals surface area contributed by atoms with E-state index in [1.54, 1.807) is 0 Å². The van der Waals surface area contributed by atoms with Crippen molar-refractivity contribution in [3.63, 3.8) is 0 Å². The Morgan fingerprint density at radius 3 is 2.70 bits per heavy atom. The smallest absolute Gasteiger partial charge is 0.0725 e. The molecule has 1 heterocycles. The maximum absolute atomic E-state index is 5.51. The Labute approximate surface area is 122 Å². The Morgan fingerprint density at radius 2 is 1.90 bits per heavy atom. The van der Waals surface area contributed by atoms with E-state index in [1.807, 2.05) is 0 Å². The van der Waals surface area contributed by atoms with Crippen molar-refractivity contribution in [2.45, 2.75) is 58.2 Å². The van der Waals surface area contributed by atoms with Crippen molar-refractivity contribution >= 4 is 0 Å². The SMILES string of the molecule is CNCCC1(CCc2ccc3c(c2)COC3)CCCC1.